The maximum atomic E-state index is 4.27. The Bertz CT molecular complexity index is 265. The summed E-state index contributed by atoms with van der Waals surface area (Å²) in [5, 5.41) is 4.27. The second kappa shape index (κ2) is 5.15. The lowest BCUT2D eigenvalue weighted by atomic mass is 10.3. The van der Waals surface area contributed by atoms with Crippen molar-refractivity contribution in [2.24, 2.45) is 0 Å². The largest absolute Gasteiger partial charge is 0.295 e. The van der Waals surface area contributed by atoms with Crippen molar-refractivity contribution in [3.63, 3.8) is 0 Å². The molecule has 3 nitrogen and oxygen atoms in total. The van der Waals surface area contributed by atoms with Crippen LogP contribution in [0.3, 0.4) is 0 Å². The zero-order chi connectivity index (χ0) is 10.6. The average Bonchev–Trinajstić information content (AvgIpc) is 2.60. The Morgan fingerprint density at radius 2 is 2.14 bits per heavy atom. The first-order chi connectivity index (χ1) is 6.69. The van der Waals surface area contributed by atoms with E-state index in [9.17, 15) is 0 Å². The van der Waals surface area contributed by atoms with Crippen LogP contribution in [-0.4, -0.2) is 27.3 Å². The van der Waals surface area contributed by atoms with E-state index in [0.29, 0.717) is 6.04 Å². The van der Waals surface area contributed by atoms with Crippen LogP contribution < -0.4 is 0 Å². The van der Waals surface area contributed by atoms with Crippen molar-refractivity contribution in [1.29, 1.82) is 0 Å². The zero-order valence-corrected chi connectivity index (χ0v) is 9.70. The van der Waals surface area contributed by atoms with Crippen molar-refractivity contribution >= 4 is 0 Å². The topological polar surface area (TPSA) is 21.1 Å². The third-order valence-corrected chi connectivity index (χ3v) is 2.61. The number of hydrogen-bond donors (Lipinski definition) is 0. The van der Waals surface area contributed by atoms with Gasteiger partial charge in [-0.2, -0.15) is 5.10 Å². The van der Waals surface area contributed by atoms with Crippen molar-refractivity contribution in [3.05, 3.63) is 18.0 Å². The van der Waals surface area contributed by atoms with Gasteiger partial charge in [-0.05, 0) is 33.4 Å². The lowest BCUT2D eigenvalue weighted by Crippen LogP contribution is -2.30. The van der Waals surface area contributed by atoms with E-state index in [2.05, 4.69) is 48.4 Å². The van der Waals surface area contributed by atoms with Crippen LogP contribution in [0.4, 0.5) is 0 Å². The molecule has 0 saturated heterocycles. The molecule has 80 valence electrons. The van der Waals surface area contributed by atoms with Crippen LogP contribution in [0.1, 0.15) is 33.4 Å². The first-order valence-corrected chi connectivity index (χ1v) is 5.43. The summed E-state index contributed by atoms with van der Waals surface area (Å²) in [5.74, 6) is 0. The van der Waals surface area contributed by atoms with E-state index in [1.165, 1.54) is 5.69 Å². The van der Waals surface area contributed by atoms with Crippen LogP contribution in [0.2, 0.25) is 0 Å². The molecule has 0 unspecified atom stereocenters. The summed E-state index contributed by atoms with van der Waals surface area (Å²) in [4.78, 5) is 2.43. The van der Waals surface area contributed by atoms with Crippen LogP contribution in [0, 0.1) is 0 Å². The highest BCUT2D eigenvalue weighted by molar-refractivity contribution is 5.00. The van der Waals surface area contributed by atoms with E-state index < -0.39 is 0 Å². The summed E-state index contributed by atoms with van der Waals surface area (Å²) >= 11 is 0. The molecule has 0 aliphatic rings. The molecule has 14 heavy (non-hydrogen) atoms. The van der Waals surface area contributed by atoms with E-state index in [-0.39, 0.29) is 0 Å². The Labute approximate surface area is 86.7 Å². The van der Waals surface area contributed by atoms with Crippen LogP contribution in [0.5, 0.6) is 0 Å². The van der Waals surface area contributed by atoms with E-state index >= 15 is 0 Å². The van der Waals surface area contributed by atoms with E-state index in [4.69, 9.17) is 0 Å². The van der Waals surface area contributed by atoms with Gasteiger partial charge in [-0.1, -0.05) is 6.92 Å². The Kier molecular flexibility index (Phi) is 4.14. The fourth-order valence-corrected chi connectivity index (χ4v) is 1.65. The molecular weight excluding hydrogens is 174 g/mol. The Morgan fingerprint density at radius 3 is 2.64 bits per heavy atom. The third kappa shape index (κ3) is 2.58. The maximum absolute atomic E-state index is 4.27. The van der Waals surface area contributed by atoms with Crippen molar-refractivity contribution in [2.45, 2.75) is 46.8 Å². The minimum atomic E-state index is 0.597. The van der Waals surface area contributed by atoms with Gasteiger partial charge in [0.05, 0.1) is 5.69 Å². The number of hydrogen-bond acceptors (Lipinski definition) is 2. The molecule has 0 atom stereocenters. The Hall–Kier alpha value is -0.830. The second-order valence-corrected chi connectivity index (χ2v) is 3.80. The molecule has 0 fully saturated rings. The molecule has 0 bridgehead atoms. The standard InChI is InChI=1S/C11H21N3/c1-5-13(10(3)4)9-11-7-8-12-14(11)6-2/h7-8,10H,5-6,9H2,1-4H3. The van der Waals surface area contributed by atoms with Gasteiger partial charge in [0.1, 0.15) is 0 Å². The van der Waals surface area contributed by atoms with Crippen molar-refractivity contribution in [3.8, 4) is 0 Å². The molecule has 0 aliphatic heterocycles. The minimum absolute atomic E-state index is 0.597. The molecular formula is C11H21N3. The molecule has 0 N–H and O–H groups in total. The molecule has 1 aromatic heterocycles. The average molecular weight is 195 g/mol. The first-order valence-electron chi connectivity index (χ1n) is 5.43. The number of aryl methyl sites for hydroxylation is 1. The first kappa shape index (κ1) is 11.2. The number of aromatic nitrogens is 2. The normalized spacial score (nSPS) is 11.6. The smallest absolute Gasteiger partial charge is 0.0524 e. The summed E-state index contributed by atoms with van der Waals surface area (Å²) in [6.07, 6.45) is 1.88. The number of rotatable bonds is 5. The summed E-state index contributed by atoms with van der Waals surface area (Å²) < 4.78 is 2.06. The summed E-state index contributed by atoms with van der Waals surface area (Å²) in [6.45, 7) is 11.8. The van der Waals surface area contributed by atoms with Crippen LogP contribution >= 0.6 is 0 Å². The van der Waals surface area contributed by atoms with Crippen LogP contribution in [0.15, 0.2) is 12.3 Å². The summed E-state index contributed by atoms with van der Waals surface area (Å²) in [7, 11) is 0. The second-order valence-electron chi connectivity index (χ2n) is 3.80. The SMILES string of the molecule is CCN(Cc1ccnn1CC)C(C)C. The monoisotopic (exact) mass is 195 g/mol. The van der Waals surface area contributed by atoms with Gasteiger partial charge >= 0.3 is 0 Å². The predicted molar refractivity (Wildman–Crippen MR) is 59.1 cm³/mol. The van der Waals surface area contributed by atoms with E-state index in [1.807, 2.05) is 6.20 Å². The lowest BCUT2D eigenvalue weighted by molar-refractivity contribution is 0.218. The molecule has 1 heterocycles. The molecule has 0 spiro atoms. The fourth-order valence-electron chi connectivity index (χ4n) is 1.65. The van der Waals surface area contributed by atoms with Crippen LogP contribution in [0.25, 0.3) is 0 Å². The molecule has 1 aromatic rings. The fraction of sp³-hybridized carbons (Fsp3) is 0.727. The van der Waals surface area contributed by atoms with Crippen molar-refractivity contribution in [1.82, 2.24) is 14.7 Å². The quantitative estimate of drug-likeness (QED) is 0.717. The van der Waals surface area contributed by atoms with Gasteiger partial charge in [-0.3, -0.25) is 9.58 Å². The van der Waals surface area contributed by atoms with Gasteiger partial charge in [-0.25, -0.2) is 0 Å². The maximum Gasteiger partial charge on any atom is 0.0524 e. The number of nitrogens with zero attached hydrogens (tertiary/aromatic N) is 3. The van der Waals surface area contributed by atoms with Crippen molar-refractivity contribution in [2.75, 3.05) is 6.54 Å². The molecule has 0 aliphatic carbocycles. The van der Waals surface area contributed by atoms with Crippen molar-refractivity contribution < 1.29 is 0 Å². The van der Waals surface area contributed by atoms with Gasteiger partial charge in [0.2, 0.25) is 0 Å². The zero-order valence-electron chi connectivity index (χ0n) is 9.70. The Balaban J connectivity index is 2.66. The molecule has 0 amide bonds. The summed E-state index contributed by atoms with van der Waals surface area (Å²) in [6, 6.07) is 2.70. The van der Waals surface area contributed by atoms with Gasteiger partial charge in [0, 0.05) is 25.3 Å². The molecule has 0 saturated carbocycles. The van der Waals surface area contributed by atoms with Gasteiger partial charge in [0.15, 0.2) is 0 Å². The van der Waals surface area contributed by atoms with Gasteiger partial charge < -0.3 is 0 Å². The molecule has 0 radical (unpaired) electrons. The third-order valence-electron chi connectivity index (χ3n) is 2.61. The van der Waals surface area contributed by atoms with Gasteiger partial charge in [-0.15, -0.1) is 0 Å². The van der Waals surface area contributed by atoms with E-state index in [0.717, 1.165) is 19.6 Å². The minimum Gasteiger partial charge on any atom is -0.295 e. The van der Waals surface area contributed by atoms with Gasteiger partial charge in [0.25, 0.3) is 0 Å². The molecule has 3 heteroatoms. The predicted octanol–water partition coefficient (Wildman–Crippen LogP) is 2.13. The van der Waals surface area contributed by atoms with Crippen LogP contribution in [-0.2, 0) is 13.1 Å². The Morgan fingerprint density at radius 1 is 1.43 bits per heavy atom. The highest BCUT2D eigenvalue weighted by atomic mass is 15.3. The highest BCUT2D eigenvalue weighted by Gasteiger charge is 2.09. The summed E-state index contributed by atoms with van der Waals surface area (Å²) in [5.41, 5.74) is 1.31. The molecule has 1 rings (SSSR count). The molecule has 0 aromatic carbocycles. The highest BCUT2D eigenvalue weighted by Crippen LogP contribution is 2.07. The lowest BCUT2D eigenvalue weighted by Gasteiger charge is -2.24. The van der Waals surface area contributed by atoms with E-state index in [1.54, 1.807) is 0 Å².